The topological polar surface area (TPSA) is 62.1 Å². The van der Waals surface area contributed by atoms with Gasteiger partial charge in [0.1, 0.15) is 5.82 Å². The molecule has 2 bridgehead atoms. The third-order valence-corrected chi connectivity index (χ3v) is 4.79. The van der Waals surface area contributed by atoms with E-state index in [1.807, 2.05) is 36.7 Å². The zero-order chi connectivity index (χ0) is 15.8. The van der Waals surface area contributed by atoms with Gasteiger partial charge in [-0.25, -0.2) is 4.68 Å². The van der Waals surface area contributed by atoms with E-state index in [2.05, 4.69) is 30.4 Å². The Morgan fingerprint density at radius 2 is 1.96 bits per heavy atom. The molecule has 0 spiro atoms. The van der Waals surface area contributed by atoms with E-state index in [0.717, 1.165) is 36.1 Å². The van der Waals surface area contributed by atoms with Gasteiger partial charge in [-0.15, -0.1) is 10.2 Å². The van der Waals surface area contributed by atoms with Crippen LogP contribution in [0.15, 0.2) is 18.2 Å². The summed E-state index contributed by atoms with van der Waals surface area (Å²) in [6.07, 6.45) is 0. The van der Waals surface area contributed by atoms with E-state index in [1.165, 1.54) is 26.2 Å². The summed E-state index contributed by atoms with van der Waals surface area (Å²) < 4.78 is 1.82. The zero-order valence-corrected chi connectivity index (χ0v) is 13.7. The molecule has 5 heterocycles. The molecule has 23 heavy (non-hydrogen) atoms. The van der Waals surface area contributed by atoms with Gasteiger partial charge in [0.25, 0.3) is 0 Å². The second-order valence-corrected chi connectivity index (χ2v) is 6.49. The average Bonchev–Trinajstić information content (AvgIpc) is 2.93. The first-order chi connectivity index (χ1) is 11.2. The molecule has 1 unspecified atom stereocenters. The van der Waals surface area contributed by atoms with Gasteiger partial charge in [-0.2, -0.15) is 5.10 Å². The maximum atomic E-state index is 4.44. The number of aromatic nitrogens is 4. The maximum absolute atomic E-state index is 4.44. The van der Waals surface area contributed by atoms with Gasteiger partial charge in [0, 0.05) is 51.0 Å². The monoisotopic (exact) mass is 313 g/mol. The molecule has 3 fully saturated rings. The van der Waals surface area contributed by atoms with Crippen LogP contribution < -0.4 is 5.32 Å². The number of hydrogen-bond donors (Lipinski definition) is 1. The fourth-order valence-electron chi connectivity index (χ4n) is 3.53. The Labute approximate surface area is 136 Å². The van der Waals surface area contributed by atoms with Crippen LogP contribution in [0, 0.1) is 13.8 Å². The molecule has 0 saturated carbocycles. The van der Waals surface area contributed by atoms with Crippen molar-refractivity contribution in [3.63, 3.8) is 0 Å². The van der Waals surface area contributed by atoms with Gasteiger partial charge in [0.2, 0.25) is 0 Å². The van der Waals surface area contributed by atoms with Gasteiger partial charge in [-0.05, 0) is 32.0 Å². The lowest BCUT2D eigenvalue weighted by atomic mass is 10.1. The van der Waals surface area contributed by atoms with Crippen LogP contribution in [0.25, 0.3) is 5.82 Å². The van der Waals surface area contributed by atoms with Gasteiger partial charge in [0.05, 0.1) is 5.69 Å². The Bertz CT molecular complexity index is 670. The molecule has 0 amide bonds. The van der Waals surface area contributed by atoms with Gasteiger partial charge in [0.15, 0.2) is 5.82 Å². The standard InChI is InChI=1S/C16H23N7/c1-12-9-13(2)23(20-12)16-4-3-15(18-19-16)17-10-14-11-21-5-7-22(14)8-6-21/h3-4,9,14H,5-8,10-11H2,1-2H3,(H,17,18). The molecule has 2 aromatic heterocycles. The number of anilines is 1. The van der Waals surface area contributed by atoms with Crippen LogP contribution in [0.4, 0.5) is 5.82 Å². The van der Waals surface area contributed by atoms with E-state index in [-0.39, 0.29) is 0 Å². The van der Waals surface area contributed by atoms with E-state index in [4.69, 9.17) is 0 Å². The number of piperazine rings is 3. The van der Waals surface area contributed by atoms with Crippen molar-refractivity contribution in [2.75, 3.05) is 44.6 Å². The SMILES string of the molecule is Cc1cc(C)n(-c2ccc(NCC3CN4CCN3CC4)nn2)n1. The van der Waals surface area contributed by atoms with Gasteiger partial charge >= 0.3 is 0 Å². The fraction of sp³-hybridized carbons (Fsp3) is 0.562. The van der Waals surface area contributed by atoms with Crippen LogP contribution in [-0.2, 0) is 0 Å². The van der Waals surface area contributed by atoms with E-state index in [1.54, 1.807) is 0 Å². The molecule has 3 aliphatic heterocycles. The lowest BCUT2D eigenvalue weighted by Crippen LogP contribution is -2.62. The largest absolute Gasteiger partial charge is 0.367 e. The first-order valence-electron chi connectivity index (χ1n) is 8.27. The summed E-state index contributed by atoms with van der Waals surface area (Å²) in [6.45, 7) is 10.9. The van der Waals surface area contributed by atoms with E-state index < -0.39 is 0 Å². The third-order valence-electron chi connectivity index (χ3n) is 4.79. The molecule has 0 aromatic carbocycles. The van der Waals surface area contributed by atoms with Gasteiger partial charge in [-0.3, -0.25) is 9.80 Å². The van der Waals surface area contributed by atoms with Crippen LogP contribution in [0.1, 0.15) is 11.4 Å². The molecular weight excluding hydrogens is 290 g/mol. The van der Waals surface area contributed by atoms with E-state index in [9.17, 15) is 0 Å². The number of aryl methyl sites for hydroxylation is 2. The summed E-state index contributed by atoms with van der Waals surface area (Å²) in [6, 6.07) is 6.56. The summed E-state index contributed by atoms with van der Waals surface area (Å²) in [5, 5.41) is 16.5. The predicted octanol–water partition coefficient (Wildman–Crippen LogP) is 0.691. The second kappa shape index (κ2) is 5.90. The Hall–Kier alpha value is -1.99. The minimum absolute atomic E-state index is 0.579. The zero-order valence-electron chi connectivity index (χ0n) is 13.7. The Morgan fingerprint density at radius 1 is 1.13 bits per heavy atom. The van der Waals surface area contributed by atoms with Crippen LogP contribution in [0.5, 0.6) is 0 Å². The number of fused-ring (bicyclic) bond motifs is 3. The molecule has 122 valence electrons. The predicted molar refractivity (Wildman–Crippen MR) is 88.9 cm³/mol. The number of nitrogens with zero attached hydrogens (tertiary/aromatic N) is 6. The van der Waals surface area contributed by atoms with Crippen molar-refractivity contribution < 1.29 is 0 Å². The van der Waals surface area contributed by atoms with Gasteiger partial charge in [-0.1, -0.05) is 0 Å². The number of nitrogens with one attached hydrogen (secondary N) is 1. The molecule has 7 nitrogen and oxygen atoms in total. The van der Waals surface area contributed by atoms with Crippen molar-refractivity contribution in [1.82, 2.24) is 29.8 Å². The lowest BCUT2D eigenvalue weighted by molar-refractivity contribution is 0.0189. The summed E-state index contributed by atoms with van der Waals surface area (Å²) in [4.78, 5) is 5.12. The van der Waals surface area contributed by atoms with Crippen LogP contribution in [0.2, 0.25) is 0 Å². The Kier molecular flexibility index (Phi) is 3.74. The molecule has 1 atom stereocenters. The lowest BCUT2D eigenvalue weighted by Gasteiger charge is -2.47. The summed E-state index contributed by atoms with van der Waals surface area (Å²) in [5.74, 6) is 1.58. The van der Waals surface area contributed by atoms with Gasteiger partial charge < -0.3 is 5.32 Å². The smallest absolute Gasteiger partial charge is 0.176 e. The normalized spacial score (nSPS) is 26.4. The first-order valence-corrected chi connectivity index (χ1v) is 8.27. The summed E-state index contributed by atoms with van der Waals surface area (Å²) >= 11 is 0. The maximum Gasteiger partial charge on any atom is 0.176 e. The molecular formula is C16H23N7. The Morgan fingerprint density at radius 3 is 2.52 bits per heavy atom. The van der Waals surface area contributed by atoms with Crippen molar-refractivity contribution in [3.8, 4) is 5.82 Å². The van der Waals surface area contributed by atoms with Crippen LogP contribution >= 0.6 is 0 Å². The minimum atomic E-state index is 0.579. The molecule has 0 radical (unpaired) electrons. The van der Waals surface area contributed by atoms with E-state index in [0.29, 0.717) is 6.04 Å². The number of hydrogen-bond acceptors (Lipinski definition) is 6. The van der Waals surface area contributed by atoms with Crippen molar-refractivity contribution in [3.05, 3.63) is 29.6 Å². The summed E-state index contributed by atoms with van der Waals surface area (Å²) in [5.41, 5.74) is 2.06. The molecule has 5 rings (SSSR count). The van der Waals surface area contributed by atoms with Crippen molar-refractivity contribution >= 4 is 5.82 Å². The molecule has 3 saturated heterocycles. The molecule has 1 N–H and O–H groups in total. The quantitative estimate of drug-likeness (QED) is 0.896. The van der Waals surface area contributed by atoms with Crippen molar-refractivity contribution in [2.24, 2.45) is 0 Å². The molecule has 0 aliphatic carbocycles. The van der Waals surface area contributed by atoms with Crippen LogP contribution in [0.3, 0.4) is 0 Å². The van der Waals surface area contributed by atoms with Crippen molar-refractivity contribution in [1.29, 1.82) is 0 Å². The molecule has 2 aromatic rings. The highest BCUT2D eigenvalue weighted by molar-refractivity contribution is 5.37. The number of rotatable bonds is 4. The highest BCUT2D eigenvalue weighted by atomic mass is 15.4. The first kappa shape index (κ1) is 14.6. The average molecular weight is 313 g/mol. The van der Waals surface area contributed by atoms with E-state index >= 15 is 0 Å². The molecule has 7 heteroatoms. The second-order valence-electron chi connectivity index (χ2n) is 6.49. The fourth-order valence-corrected chi connectivity index (χ4v) is 3.53. The highest BCUT2D eigenvalue weighted by Crippen LogP contribution is 2.16. The highest BCUT2D eigenvalue weighted by Gasteiger charge is 2.31. The van der Waals surface area contributed by atoms with Crippen LogP contribution in [-0.4, -0.2) is 75.1 Å². The minimum Gasteiger partial charge on any atom is -0.367 e. The third kappa shape index (κ3) is 2.94. The summed E-state index contributed by atoms with van der Waals surface area (Å²) in [7, 11) is 0. The molecule has 3 aliphatic rings. The van der Waals surface area contributed by atoms with Crippen molar-refractivity contribution in [2.45, 2.75) is 19.9 Å². The Balaban J connectivity index is 1.40.